The third-order valence-corrected chi connectivity index (χ3v) is 2.85. The van der Waals surface area contributed by atoms with Crippen molar-refractivity contribution in [1.82, 2.24) is 5.32 Å². The topological polar surface area (TPSA) is 64.3 Å². The molecule has 0 saturated heterocycles. The van der Waals surface area contributed by atoms with Gasteiger partial charge in [0.25, 0.3) is 0 Å². The van der Waals surface area contributed by atoms with Crippen LogP contribution in [0.15, 0.2) is 18.2 Å². The van der Waals surface area contributed by atoms with Gasteiger partial charge in [-0.25, -0.2) is 9.18 Å². The summed E-state index contributed by atoms with van der Waals surface area (Å²) in [7, 11) is 0. The van der Waals surface area contributed by atoms with Gasteiger partial charge < -0.3 is 15.8 Å². The van der Waals surface area contributed by atoms with Crippen LogP contribution >= 0.6 is 0 Å². The van der Waals surface area contributed by atoms with E-state index in [1.807, 2.05) is 0 Å². The number of alkyl carbamates (subject to hydrolysis) is 1. The maximum Gasteiger partial charge on any atom is 0.407 e. The number of halogens is 1. The molecule has 0 heterocycles. The quantitative estimate of drug-likeness (QED) is 0.895. The van der Waals surface area contributed by atoms with E-state index < -0.39 is 17.7 Å². The SMILES string of the molecule is Cc1cc(C(N)C(C)NC(=O)OC(C)(C)C)ccc1F. The van der Waals surface area contributed by atoms with Gasteiger partial charge in [0.1, 0.15) is 11.4 Å². The number of amides is 1. The van der Waals surface area contributed by atoms with Crippen molar-refractivity contribution in [3.63, 3.8) is 0 Å². The average Bonchev–Trinajstić information content (AvgIpc) is 2.29. The summed E-state index contributed by atoms with van der Waals surface area (Å²) in [6.45, 7) is 8.84. The molecule has 0 aliphatic rings. The van der Waals surface area contributed by atoms with Crippen molar-refractivity contribution in [1.29, 1.82) is 0 Å². The normalized spacial score (nSPS) is 14.6. The van der Waals surface area contributed by atoms with Gasteiger partial charge in [-0.15, -0.1) is 0 Å². The molecule has 0 spiro atoms. The van der Waals surface area contributed by atoms with E-state index >= 15 is 0 Å². The summed E-state index contributed by atoms with van der Waals surface area (Å²) in [6, 6.07) is 3.94. The van der Waals surface area contributed by atoms with Crippen LogP contribution in [0.3, 0.4) is 0 Å². The Morgan fingerprint density at radius 1 is 1.40 bits per heavy atom. The molecule has 2 unspecified atom stereocenters. The lowest BCUT2D eigenvalue weighted by atomic mass is 9.99. The van der Waals surface area contributed by atoms with Crippen LogP contribution in [0.5, 0.6) is 0 Å². The van der Waals surface area contributed by atoms with Crippen LogP contribution in [-0.4, -0.2) is 17.7 Å². The number of hydrogen-bond donors (Lipinski definition) is 2. The second kappa shape index (κ2) is 6.22. The van der Waals surface area contributed by atoms with Gasteiger partial charge in [-0.1, -0.05) is 12.1 Å². The van der Waals surface area contributed by atoms with Gasteiger partial charge in [-0.2, -0.15) is 0 Å². The zero-order valence-corrected chi connectivity index (χ0v) is 12.7. The van der Waals surface area contributed by atoms with Gasteiger partial charge >= 0.3 is 6.09 Å². The van der Waals surface area contributed by atoms with Crippen molar-refractivity contribution >= 4 is 6.09 Å². The molecule has 0 aromatic heterocycles. The molecule has 5 heteroatoms. The van der Waals surface area contributed by atoms with E-state index in [0.717, 1.165) is 5.56 Å². The van der Waals surface area contributed by atoms with Crippen LogP contribution in [0.4, 0.5) is 9.18 Å². The van der Waals surface area contributed by atoms with Crippen molar-refractivity contribution in [2.75, 3.05) is 0 Å². The van der Waals surface area contributed by atoms with Crippen LogP contribution in [0, 0.1) is 12.7 Å². The molecule has 4 nitrogen and oxygen atoms in total. The van der Waals surface area contributed by atoms with Crippen LogP contribution in [0.1, 0.15) is 44.9 Å². The molecule has 1 amide bonds. The molecule has 0 radical (unpaired) electrons. The zero-order valence-electron chi connectivity index (χ0n) is 12.7. The highest BCUT2D eigenvalue weighted by atomic mass is 19.1. The highest BCUT2D eigenvalue weighted by Gasteiger charge is 2.21. The summed E-state index contributed by atoms with van der Waals surface area (Å²) in [5.74, 6) is -0.270. The summed E-state index contributed by atoms with van der Waals surface area (Å²) in [6.07, 6.45) is -0.515. The Morgan fingerprint density at radius 2 is 2.00 bits per heavy atom. The van der Waals surface area contributed by atoms with Crippen molar-refractivity contribution in [2.24, 2.45) is 5.73 Å². The van der Waals surface area contributed by atoms with Gasteiger partial charge in [0.15, 0.2) is 0 Å². The first-order valence-electron chi connectivity index (χ1n) is 6.61. The minimum atomic E-state index is -0.555. The summed E-state index contributed by atoms with van der Waals surface area (Å²) in [5.41, 5.74) is 6.82. The van der Waals surface area contributed by atoms with E-state index in [9.17, 15) is 9.18 Å². The Morgan fingerprint density at radius 3 is 2.50 bits per heavy atom. The number of carbonyl (C=O) groups excluding carboxylic acids is 1. The lowest BCUT2D eigenvalue weighted by Crippen LogP contribution is -2.43. The van der Waals surface area contributed by atoms with Gasteiger partial charge in [-0.05, 0) is 51.8 Å². The first-order chi connectivity index (χ1) is 9.10. The van der Waals surface area contributed by atoms with Crippen LogP contribution in [0.25, 0.3) is 0 Å². The van der Waals surface area contributed by atoms with Crippen molar-refractivity contribution in [3.8, 4) is 0 Å². The summed E-state index contributed by atoms with van der Waals surface area (Å²) in [5, 5.41) is 2.69. The van der Waals surface area contributed by atoms with Gasteiger partial charge in [0.05, 0.1) is 0 Å². The smallest absolute Gasteiger partial charge is 0.407 e. The van der Waals surface area contributed by atoms with Crippen LogP contribution < -0.4 is 11.1 Å². The molecule has 3 N–H and O–H groups in total. The predicted octanol–water partition coefficient (Wildman–Crippen LogP) is 3.05. The van der Waals surface area contributed by atoms with Crippen LogP contribution in [-0.2, 0) is 4.74 Å². The fourth-order valence-corrected chi connectivity index (χ4v) is 1.75. The highest BCUT2D eigenvalue weighted by molar-refractivity contribution is 5.68. The Bertz CT molecular complexity index is 483. The summed E-state index contributed by atoms with van der Waals surface area (Å²) >= 11 is 0. The maximum absolute atomic E-state index is 13.2. The van der Waals surface area contributed by atoms with E-state index in [2.05, 4.69) is 5.32 Å². The second-order valence-electron chi connectivity index (χ2n) is 5.97. The minimum Gasteiger partial charge on any atom is -0.444 e. The fraction of sp³-hybridized carbons (Fsp3) is 0.533. The Labute approximate surface area is 119 Å². The van der Waals surface area contributed by atoms with Crippen LogP contribution in [0.2, 0.25) is 0 Å². The summed E-state index contributed by atoms with van der Waals surface area (Å²) in [4.78, 5) is 11.7. The third-order valence-electron chi connectivity index (χ3n) is 2.85. The monoisotopic (exact) mass is 282 g/mol. The molecule has 2 atom stereocenters. The van der Waals surface area contributed by atoms with E-state index in [1.165, 1.54) is 6.07 Å². The number of rotatable bonds is 3. The zero-order chi connectivity index (χ0) is 15.5. The van der Waals surface area contributed by atoms with Crippen molar-refractivity contribution in [2.45, 2.75) is 52.3 Å². The highest BCUT2D eigenvalue weighted by Crippen LogP contribution is 2.18. The number of nitrogens with two attached hydrogens (primary N) is 1. The Kier molecular flexibility index (Phi) is 5.11. The number of nitrogens with one attached hydrogen (secondary N) is 1. The number of benzene rings is 1. The molecule has 1 aromatic rings. The third kappa shape index (κ3) is 4.81. The minimum absolute atomic E-state index is 0.270. The molecule has 1 aromatic carbocycles. The lowest BCUT2D eigenvalue weighted by Gasteiger charge is -2.25. The molecule has 1 rings (SSSR count). The number of aryl methyl sites for hydroxylation is 1. The Balaban J connectivity index is 2.69. The largest absolute Gasteiger partial charge is 0.444 e. The molecule has 112 valence electrons. The summed E-state index contributed by atoms with van der Waals surface area (Å²) < 4.78 is 18.4. The standard InChI is InChI=1S/C15H23FN2O2/c1-9-8-11(6-7-12(9)16)13(17)10(2)18-14(19)20-15(3,4)5/h6-8,10,13H,17H2,1-5H3,(H,18,19). The second-order valence-corrected chi connectivity index (χ2v) is 5.97. The fourth-order valence-electron chi connectivity index (χ4n) is 1.75. The lowest BCUT2D eigenvalue weighted by molar-refractivity contribution is 0.0501. The average molecular weight is 282 g/mol. The maximum atomic E-state index is 13.2. The molecule has 0 aliphatic heterocycles. The van der Waals surface area contributed by atoms with E-state index in [0.29, 0.717) is 5.56 Å². The predicted molar refractivity (Wildman–Crippen MR) is 76.9 cm³/mol. The van der Waals surface area contributed by atoms with E-state index in [1.54, 1.807) is 46.8 Å². The molecular weight excluding hydrogens is 259 g/mol. The molecular formula is C15H23FN2O2. The number of carbonyl (C=O) groups is 1. The molecule has 0 bridgehead atoms. The number of ether oxygens (including phenoxy) is 1. The van der Waals surface area contributed by atoms with Crippen molar-refractivity contribution < 1.29 is 13.9 Å². The first kappa shape index (κ1) is 16.4. The molecule has 20 heavy (non-hydrogen) atoms. The molecule has 0 aliphatic carbocycles. The first-order valence-corrected chi connectivity index (χ1v) is 6.61. The van der Waals surface area contributed by atoms with Gasteiger partial charge in [0, 0.05) is 12.1 Å². The van der Waals surface area contributed by atoms with Gasteiger partial charge in [-0.3, -0.25) is 0 Å². The molecule has 0 saturated carbocycles. The van der Waals surface area contributed by atoms with Crippen molar-refractivity contribution in [3.05, 3.63) is 35.1 Å². The van der Waals surface area contributed by atoms with Gasteiger partial charge in [0.2, 0.25) is 0 Å². The molecule has 0 fully saturated rings. The van der Waals surface area contributed by atoms with E-state index in [-0.39, 0.29) is 11.9 Å². The van der Waals surface area contributed by atoms with E-state index in [4.69, 9.17) is 10.5 Å². The Hall–Kier alpha value is -1.62. The number of hydrogen-bond acceptors (Lipinski definition) is 3.